The summed E-state index contributed by atoms with van der Waals surface area (Å²) in [7, 11) is 0. The zero-order valence-corrected chi connectivity index (χ0v) is 22.8. The van der Waals surface area contributed by atoms with Gasteiger partial charge in [-0.05, 0) is 76.4 Å². The van der Waals surface area contributed by atoms with Crippen LogP contribution in [0.4, 0.5) is 25.8 Å². The Hall–Kier alpha value is -5.16. The number of benzene rings is 6. The average molecular weight is 544 g/mol. The number of aromatic nitrogens is 1. The van der Waals surface area contributed by atoms with E-state index in [1.165, 1.54) is 40.0 Å². The van der Waals surface area contributed by atoms with Crippen LogP contribution in [0.15, 0.2) is 121 Å². The number of hydrogen-bond acceptors (Lipinski definition) is 1. The van der Waals surface area contributed by atoms with Gasteiger partial charge in [0, 0.05) is 33.4 Å². The molecule has 1 aromatic heterocycles. The van der Waals surface area contributed by atoms with E-state index < -0.39 is 11.6 Å². The van der Waals surface area contributed by atoms with E-state index in [-0.39, 0.29) is 12.4 Å². The Kier molecular flexibility index (Phi) is 4.73. The van der Waals surface area contributed by atoms with E-state index in [4.69, 9.17) is 0 Å². The van der Waals surface area contributed by atoms with E-state index in [1.54, 1.807) is 4.90 Å². The first kappa shape index (κ1) is 23.5. The molecule has 0 saturated heterocycles. The highest BCUT2D eigenvalue weighted by molar-refractivity contribution is 7.00. The Balaban J connectivity index is 1.51. The van der Waals surface area contributed by atoms with Crippen molar-refractivity contribution in [3.8, 4) is 16.8 Å². The average Bonchev–Trinajstić information content (AvgIpc) is 3.35. The summed E-state index contributed by atoms with van der Waals surface area (Å²) >= 11 is 0. The van der Waals surface area contributed by atoms with Crippen LogP contribution in [0.25, 0.3) is 38.6 Å². The van der Waals surface area contributed by atoms with Crippen LogP contribution in [0, 0.1) is 18.6 Å². The zero-order valence-electron chi connectivity index (χ0n) is 22.8. The second-order valence-electron chi connectivity index (χ2n) is 11.2. The highest BCUT2D eigenvalue weighted by Crippen LogP contribution is 2.44. The van der Waals surface area contributed by atoms with E-state index in [0.717, 1.165) is 50.2 Å². The molecule has 2 aliphatic rings. The minimum absolute atomic E-state index is 0.0612. The smallest absolute Gasteiger partial charge is 0.252 e. The molecule has 42 heavy (non-hydrogen) atoms. The first-order valence-electron chi connectivity index (χ1n) is 14.2. The maximum atomic E-state index is 15.7. The Morgan fingerprint density at radius 2 is 1.26 bits per heavy atom. The number of para-hydroxylation sites is 4. The van der Waals surface area contributed by atoms with Gasteiger partial charge in [0.25, 0.3) is 6.71 Å². The molecule has 9 rings (SSSR count). The van der Waals surface area contributed by atoms with Gasteiger partial charge >= 0.3 is 0 Å². The molecule has 0 amide bonds. The van der Waals surface area contributed by atoms with E-state index in [0.29, 0.717) is 0 Å². The van der Waals surface area contributed by atoms with Gasteiger partial charge < -0.3 is 9.47 Å². The topological polar surface area (TPSA) is 8.17 Å². The van der Waals surface area contributed by atoms with Crippen LogP contribution in [0.3, 0.4) is 0 Å². The minimum Gasteiger partial charge on any atom is -0.310 e. The summed E-state index contributed by atoms with van der Waals surface area (Å²) in [6.07, 6.45) is 0. The summed E-state index contributed by atoms with van der Waals surface area (Å²) in [6.45, 7) is 2.01. The lowest BCUT2D eigenvalue weighted by Crippen LogP contribution is -2.60. The lowest BCUT2D eigenvalue weighted by molar-refractivity contribution is 0.586. The fourth-order valence-electron chi connectivity index (χ4n) is 7.36. The zero-order chi connectivity index (χ0) is 28.1. The highest BCUT2D eigenvalue weighted by Gasteiger charge is 2.43. The molecule has 0 unspecified atom stereocenters. The third-order valence-electron chi connectivity index (χ3n) is 9.05. The normalized spacial score (nSPS) is 13.0. The number of nitrogens with zero attached hydrogens (tertiary/aromatic N) is 2. The van der Waals surface area contributed by atoms with Crippen molar-refractivity contribution in [3.05, 3.63) is 139 Å². The third-order valence-corrected chi connectivity index (χ3v) is 9.05. The molecule has 3 heterocycles. The Bertz CT molecular complexity index is 2250. The van der Waals surface area contributed by atoms with Crippen LogP contribution in [0.5, 0.6) is 0 Å². The molecule has 0 fully saturated rings. The van der Waals surface area contributed by atoms with Gasteiger partial charge in [-0.1, -0.05) is 84.9 Å². The van der Waals surface area contributed by atoms with Gasteiger partial charge in [0.1, 0.15) is 17.3 Å². The van der Waals surface area contributed by atoms with E-state index >= 15 is 8.78 Å². The van der Waals surface area contributed by atoms with Gasteiger partial charge in [-0.3, -0.25) is 0 Å². The summed E-state index contributed by atoms with van der Waals surface area (Å²) in [5, 5.41) is 2.39. The predicted octanol–water partition coefficient (Wildman–Crippen LogP) is 7.65. The molecular weight excluding hydrogens is 521 g/mol. The van der Waals surface area contributed by atoms with Crippen molar-refractivity contribution >= 4 is 62.0 Å². The fourth-order valence-corrected chi connectivity index (χ4v) is 7.36. The third kappa shape index (κ3) is 2.97. The largest absolute Gasteiger partial charge is 0.310 e. The molecule has 0 aliphatic carbocycles. The van der Waals surface area contributed by atoms with Crippen LogP contribution in [-0.2, 0) is 0 Å². The van der Waals surface area contributed by atoms with Crippen molar-refractivity contribution < 1.29 is 8.78 Å². The van der Waals surface area contributed by atoms with Gasteiger partial charge in [0.05, 0.1) is 5.52 Å². The van der Waals surface area contributed by atoms with Crippen molar-refractivity contribution in [1.29, 1.82) is 0 Å². The molecule has 2 aliphatic heterocycles. The molecule has 7 aromatic rings. The van der Waals surface area contributed by atoms with E-state index in [1.807, 2.05) is 30.3 Å². The number of rotatable bonds is 2. The molecule has 0 N–H and O–H groups in total. The summed E-state index contributed by atoms with van der Waals surface area (Å²) < 4.78 is 33.8. The number of anilines is 3. The first-order chi connectivity index (χ1) is 20.6. The van der Waals surface area contributed by atoms with Gasteiger partial charge in [0.2, 0.25) is 0 Å². The monoisotopic (exact) mass is 544 g/mol. The standard InChI is InChI=1S/C37H23BF2N2/c1-22-10-2-3-11-24(22)23-20-33-35-34(21-23)42(37-29(39)16-9-17-30(37)40)32-19-7-5-14-27(32)38(35)28-15-8-13-26-25-12-4-6-18-31(25)41(33)36(26)28/h2-21H,1H3. The van der Waals surface area contributed by atoms with Crippen molar-refractivity contribution in [1.82, 2.24) is 4.57 Å². The summed E-state index contributed by atoms with van der Waals surface area (Å²) in [6, 6.07) is 39.9. The number of fused-ring (bicyclic) bond motifs is 7. The van der Waals surface area contributed by atoms with Crippen LogP contribution >= 0.6 is 0 Å². The molecule has 198 valence electrons. The lowest BCUT2D eigenvalue weighted by Gasteiger charge is -2.40. The van der Waals surface area contributed by atoms with Crippen molar-refractivity contribution in [2.24, 2.45) is 0 Å². The molecule has 0 spiro atoms. The SMILES string of the molecule is Cc1ccccc1-c1cc2c3c(c1)-n1c4ccccc4c4cccc(c41)B3c1ccccc1N2c1c(F)cccc1F. The number of hydrogen-bond donors (Lipinski definition) is 0. The molecule has 5 heteroatoms. The Morgan fingerprint density at radius 3 is 2.12 bits per heavy atom. The van der Waals surface area contributed by atoms with Crippen molar-refractivity contribution in [2.75, 3.05) is 4.90 Å². The highest BCUT2D eigenvalue weighted by atomic mass is 19.1. The first-order valence-corrected chi connectivity index (χ1v) is 14.2. The Morgan fingerprint density at radius 1 is 0.595 bits per heavy atom. The summed E-state index contributed by atoms with van der Waals surface area (Å²) in [5.74, 6) is -1.19. The van der Waals surface area contributed by atoms with Gasteiger partial charge in [-0.2, -0.15) is 0 Å². The molecule has 6 aromatic carbocycles. The minimum atomic E-state index is -0.594. The van der Waals surface area contributed by atoms with Gasteiger partial charge in [0.15, 0.2) is 0 Å². The molecule has 0 saturated carbocycles. The molecular formula is C37H23BF2N2. The van der Waals surface area contributed by atoms with Crippen LogP contribution < -0.4 is 21.3 Å². The lowest BCUT2D eigenvalue weighted by atomic mass is 9.33. The van der Waals surface area contributed by atoms with E-state index in [2.05, 4.69) is 84.3 Å². The van der Waals surface area contributed by atoms with Crippen LogP contribution in [0.2, 0.25) is 0 Å². The molecule has 0 bridgehead atoms. The number of halogens is 2. The maximum absolute atomic E-state index is 15.7. The van der Waals surface area contributed by atoms with Crippen LogP contribution in [-0.4, -0.2) is 11.3 Å². The molecule has 0 atom stereocenters. The predicted molar refractivity (Wildman–Crippen MR) is 170 cm³/mol. The molecule has 2 nitrogen and oxygen atoms in total. The summed E-state index contributed by atoms with van der Waals surface area (Å²) in [5.41, 5.74) is 11.4. The van der Waals surface area contributed by atoms with Gasteiger partial charge in [-0.15, -0.1) is 0 Å². The maximum Gasteiger partial charge on any atom is 0.252 e. The second-order valence-corrected chi connectivity index (χ2v) is 11.2. The Labute approximate surface area is 242 Å². The van der Waals surface area contributed by atoms with Crippen LogP contribution in [0.1, 0.15) is 5.56 Å². The number of aryl methyl sites for hydroxylation is 1. The summed E-state index contributed by atoms with van der Waals surface area (Å²) in [4.78, 5) is 1.80. The molecule has 0 radical (unpaired) electrons. The van der Waals surface area contributed by atoms with E-state index in [9.17, 15) is 0 Å². The fraction of sp³-hybridized carbons (Fsp3) is 0.0270. The van der Waals surface area contributed by atoms with Gasteiger partial charge in [-0.25, -0.2) is 8.78 Å². The van der Waals surface area contributed by atoms with Crippen molar-refractivity contribution in [2.45, 2.75) is 6.92 Å². The second kappa shape index (κ2) is 8.43. The quantitative estimate of drug-likeness (QED) is 0.203. The van der Waals surface area contributed by atoms with Crippen molar-refractivity contribution in [3.63, 3.8) is 0 Å².